The summed E-state index contributed by atoms with van der Waals surface area (Å²) in [6, 6.07) is 14.9. The lowest BCUT2D eigenvalue weighted by atomic mass is 9.73. The van der Waals surface area contributed by atoms with Crippen molar-refractivity contribution in [3.63, 3.8) is 0 Å². The summed E-state index contributed by atoms with van der Waals surface area (Å²) in [5.74, 6) is 2.81. The smallest absolute Gasteiger partial charge is 0.161 e. The lowest BCUT2D eigenvalue weighted by Gasteiger charge is -2.28. The van der Waals surface area contributed by atoms with E-state index in [1.54, 1.807) is 35.5 Å². The molecule has 44 heavy (non-hydrogen) atoms. The summed E-state index contributed by atoms with van der Waals surface area (Å²) in [5, 5.41) is 19.4. The molecule has 0 radical (unpaired) electrons. The van der Waals surface area contributed by atoms with Crippen molar-refractivity contribution in [2.24, 2.45) is 10.2 Å². The van der Waals surface area contributed by atoms with Gasteiger partial charge < -0.3 is 18.9 Å². The summed E-state index contributed by atoms with van der Waals surface area (Å²) in [4.78, 5) is 0. The van der Waals surface area contributed by atoms with Crippen LogP contribution >= 0.6 is 0 Å². The molecule has 0 fully saturated rings. The van der Waals surface area contributed by atoms with Gasteiger partial charge in [-0.3, -0.25) is 0 Å². The number of ether oxygens (including phenoxy) is 4. The average Bonchev–Trinajstić information content (AvgIpc) is 3.06. The predicted molar refractivity (Wildman–Crippen MR) is 180 cm³/mol. The maximum atomic E-state index is 10.7. The van der Waals surface area contributed by atoms with Gasteiger partial charge in [-0.05, 0) is 73.9 Å². The van der Waals surface area contributed by atoms with E-state index in [0.717, 1.165) is 68.4 Å². The van der Waals surface area contributed by atoms with Crippen molar-refractivity contribution < 1.29 is 18.9 Å². The van der Waals surface area contributed by atoms with E-state index in [1.807, 2.05) is 30.3 Å². The predicted octanol–water partition coefficient (Wildman–Crippen LogP) is 10.0. The van der Waals surface area contributed by atoms with Gasteiger partial charge in [0.25, 0.3) is 0 Å². The number of hydrogen-bond acceptors (Lipinski definition) is 7. The summed E-state index contributed by atoms with van der Waals surface area (Å²) in [6.45, 7) is 2.26. The van der Waals surface area contributed by atoms with Crippen molar-refractivity contribution in [3.8, 4) is 29.1 Å². The zero-order valence-corrected chi connectivity index (χ0v) is 28.3. The molecule has 2 rings (SSSR count). The molecule has 2 unspecified atom stereocenters. The molecule has 0 amide bonds. The van der Waals surface area contributed by atoms with Gasteiger partial charge in [0.15, 0.2) is 23.0 Å². The van der Waals surface area contributed by atoms with E-state index in [-0.39, 0.29) is 6.04 Å². The number of hydrogen-bond donors (Lipinski definition) is 0. The molecule has 0 saturated heterocycles. The van der Waals surface area contributed by atoms with Crippen LogP contribution in [0, 0.1) is 11.3 Å². The zero-order chi connectivity index (χ0) is 32.0. The zero-order valence-electron chi connectivity index (χ0n) is 28.3. The Hall–Kier alpha value is -3.27. The summed E-state index contributed by atoms with van der Waals surface area (Å²) in [6.07, 6.45) is 17.8. The molecular formula is C37H57N3O4. The van der Waals surface area contributed by atoms with Gasteiger partial charge in [0, 0.05) is 7.05 Å². The van der Waals surface area contributed by atoms with Gasteiger partial charge in [-0.15, -0.1) is 0 Å². The molecule has 0 aromatic heterocycles. The Bertz CT molecular complexity index is 1150. The number of aryl methyl sites for hydroxylation is 1. The van der Waals surface area contributed by atoms with Gasteiger partial charge >= 0.3 is 0 Å². The van der Waals surface area contributed by atoms with Crippen LogP contribution in [0.2, 0.25) is 0 Å². The Morgan fingerprint density at radius 1 is 0.682 bits per heavy atom. The van der Waals surface area contributed by atoms with Crippen molar-refractivity contribution in [1.29, 1.82) is 5.26 Å². The average molecular weight is 608 g/mol. The monoisotopic (exact) mass is 607 g/mol. The number of unbranched alkanes of at least 4 members (excludes halogenated alkanes) is 9. The number of methoxy groups -OCH3 is 4. The third-order valence-corrected chi connectivity index (χ3v) is 8.74. The highest BCUT2D eigenvalue weighted by Gasteiger charge is 2.33. The van der Waals surface area contributed by atoms with Crippen LogP contribution in [0.25, 0.3) is 0 Å². The highest BCUT2D eigenvalue weighted by molar-refractivity contribution is 5.47. The molecule has 2 aromatic rings. The first-order chi connectivity index (χ1) is 21.5. The van der Waals surface area contributed by atoms with Crippen LogP contribution in [-0.2, 0) is 11.8 Å². The first-order valence-corrected chi connectivity index (χ1v) is 16.6. The summed E-state index contributed by atoms with van der Waals surface area (Å²) in [5.41, 5.74) is 1.60. The fourth-order valence-electron chi connectivity index (χ4n) is 6.07. The van der Waals surface area contributed by atoms with E-state index >= 15 is 0 Å². The van der Waals surface area contributed by atoms with Gasteiger partial charge in [-0.2, -0.15) is 15.5 Å². The molecule has 0 heterocycles. The number of nitrogens with zero attached hydrogens (tertiary/aromatic N) is 3. The minimum absolute atomic E-state index is 0.0900. The van der Waals surface area contributed by atoms with Crippen molar-refractivity contribution in [2.45, 2.75) is 121 Å². The molecule has 0 bridgehead atoms. The Labute approximate surface area is 267 Å². The van der Waals surface area contributed by atoms with E-state index in [0.29, 0.717) is 11.5 Å². The van der Waals surface area contributed by atoms with Gasteiger partial charge in [0.05, 0.1) is 46.0 Å². The van der Waals surface area contributed by atoms with E-state index in [2.05, 4.69) is 29.3 Å². The van der Waals surface area contributed by atoms with Gasteiger partial charge in [0.2, 0.25) is 0 Å². The lowest BCUT2D eigenvalue weighted by molar-refractivity contribution is 0.351. The van der Waals surface area contributed by atoms with Gasteiger partial charge in [-0.1, -0.05) is 83.3 Å². The standard InChI is InChI=1S/C37H57N3O4/c1-7-8-9-10-11-12-13-14-15-16-25-37(29-38,31-21-24-34(42-4)36(28-31)44-6)26-17-18-32(40-39-2)22-19-30-20-23-33(41-3)35(27-30)43-5/h20-21,23-24,27-28,32H,7-19,22,25-26H2,1-6H3/b40-39+. The summed E-state index contributed by atoms with van der Waals surface area (Å²) in [7, 11) is 8.33. The number of azo groups is 1. The highest BCUT2D eigenvalue weighted by atomic mass is 16.5. The second-order valence-electron chi connectivity index (χ2n) is 11.8. The van der Waals surface area contributed by atoms with Crippen molar-refractivity contribution in [2.75, 3.05) is 35.5 Å². The van der Waals surface area contributed by atoms with Crippen molar-refractivity contribution in [1.82, 2.24) is 0 Å². The lowest BCUT2D eigenvalue weighted by Crippen LogP contribution is -2.25. The van der Waals surface area contributed by atoms with Crippen LogP contribution < -0.4 is 18.9 Å². The van der Waals surface area contributed by atoms with Gasteiger partial charge in [-0.25, -0.2) is 0 Å². The highest BCUT2D eigenvalue weighted by Crippen LogP contribution is 2.40. The maximum Gasteiger partial charge on any atom is 0.161 e. The first kappa shape index (κ1) is 36.9. The quantitative estimate of drug-likeness (QED) is 0.0875. The number of nitriles is 1. The van der Waals surface area contributed by atoms with Crippen LogP contribution in [0.4, 0.5) is 0 Å². The Morgan fingerprint density at radius 3 is 1.80 bits per heavy atom. The molecular weight excluding hydrogens is 550 g/mol. The molecule has 2 aromatic carbocycles. The number of benzene rings is 2. The molecule has 0 aliphatic rings. The Kier molecular flexibility index (Phi) is 18.0. The topological polar surface area (TPSA) is 85.4 Å². The van der Waals surface area contributed by atoms with Crippen LogP contribution in [0.3, 0.4) is 0 Å². The second-order valence-corrected chi connectivity index (χ2v) is 11.8. The van der Waals surface area contributed by atoms with E-state index in [9.17, 15) is 5.26 Å². The minimum Gasteiger partial charge on any atom is -0.493 e. The maximum absolute atomic E-state index is 10.7. The fourth-order valence-corrected chi connectivity index (χ4v) is 6.07. The molecule has 244 valence electrons. The molecule has 2 atom stereocenters. The second kappa shape index (κ2) is 21.4. The van der Waals surface area contributed by atoms with Crippen LogP contribution in [0.15, 0.2) is 46.6 Å². The Balaban J connectivity index is 2.06. The van der Waals surface area contributed by atoms with Crippen LogP contribution in [0.5, 0.6) is 23.0 Å². The molecule has 7 heteroatoms. The van der Waals surface area contributed by atoms with E-state index < -0.39 is 5.41 Å². The van der Waals surface area contributed by atoms with Gasteiger partial charge in [0.1, 0.15) is 0 Å². The largest absolute Gasteiger partial charge is 0.493 e. The third-order valence-electron chi connectivity index (χ3n) is 8.74. The summed E-state index contributed by atoms with van der Waals surface area (Å²) < 4.78 is 22.0. The SMILES string of the molecule is CCCCCCCCCCCCC(C#N)(CCCC(CCc1ccc(OC)c(OC)c1)/N=N/C)c1ccc(OC)c(OC)c1. The molecule has 0 spiro atoms. The van der Waals surface area contributed by atoms with Crippen LogP contribution in [-0.4, -0.2) is 41.5 Å². The first-order valence-electron chi connectivity index (χ1n) is 16.6. The molecule has 0 saturated carbocycles. The van der Waals surface area contributed by atoms with E-state index in [4.69, 9.17) is 18.9 Å². The fraction of sp³-hybridized carbons (Fsp3) is 0.649. The number of rotatable bonds is 24. The Morgan fingerprint density at radius 2 is 1.23 bits per heavy atom. The van der Waals surface area contributed by atoms with E-state index in [1.165, 1.54) is 56.9 Å². The third kappa shape index (κ3) is 12.0. The normalized spacial score (nSPS) is 13.3. The van der Waals surface area contributed by atoms with Crippen molar-refractivity contribution >= 4 is 0 Å². The molecule has 0 aliphatic heterocycles. The minimum atomic E-state index is -0.586. The molecule has 0 N–H and O–H groups in total. The van der Waals surface area contributed by atoms with Crippen LogP contribution in [0.1, 0.15) is 114 Å². The molecule has 7 nitrogen and oxygen atoms in total. The van der Waals surface area contributed by atoms with Crippen molar-refractivity contribution in [3.05, 3.63) is 47.5 Å². The molecule has 0 aliphatic carbocycles. The summed E-state index contributed by atoms with van der Waals surface area (Å²) >= 11 is 0.